The predicted molar refractivity (Wildman–Crippen MR) is 65.0 cm³/mol. The molecule has 0 radical (unpaired) electrons. The van der Waals surface area contributed by atoms with Crippen molar-refractivity contribution in [3.63, 3.8) is 0 Å². The van der Waals surface area contributed by atoms with Crippen molar-refractivity contribution in [3.05, 3.63) is 23.8 Å². The Bertz CT molecular complexity index is 526. The van der Waals surface area contributed by atoms with E-state index in [1.807, 2.05) is 0 Å². The van der Waals surface area contributed by atoms with Crippen molar-refractivity contribution in [2.24, 2.45) is 0 Å². The standard InChI is InChI=1S/C12H14N4O3/c1-3-9-11(18)15-10(17)6-16(9)12(19)8-5-13-7(2)4-14-8/h4-5,9H,3,6H2,1-2H3,(H,15,17,18). The lowest BCUT2D eigenvalue weighted by Crippen LogP contribution is -2.59. The molecule has 1 aromatic rings. The highest BCUT2D eigenvalue weighted by Crippen LogP contribution is 2.12. The van der Waals surface area contributed by atoms with E-state index in [0.29, 0.717) is 12.1 Å². The third kappa shape index (κ3) is 2.59. The van der Waals surface area contributed by atoms with Gasteiger partial charge in [-0.25, -0.2) is 4.98 Å². The van der Waals surface area contributed by atoms with Gasteiger partial charge in [-0.3, -0.25) is 24.7 Å². The number of piperazine rings is 1. The molecular formula is C12H14N4O3. The molecule has 0 aromatic carbocycles. The molecule has 2 rings (SSSR count). The molecule has 100 valence electrons. The molecule has 1 unspecified atom stereocenters. The van der Waals surface area contributed by atoms with Crippen LogP contribution in [-0.4, -0.2) is 45.2 Å². The minimum Gasteiger partial charge on any atom is -0.316 e. The molecule has 3 amide bonds. The SMILES string of the molecule is CCC1C(=O)NC(=O)CN1C(=O)c1cnc(C)cn1. The number of rotatable bonds is 2. The third-order valence-corrected chi connectivity index (χ3v) is 2.90. The Morgan fingerprint density at radius 1 is 1.42 bits per heavy atom. The number of hydrogen-bond donors (Lipinski definition) is 1. The normalized spacial score (nSPS) is 19.3. The van der Waals surface area contributed by atoms with Crippen LogP contribution in [0.2, 0.25) is 0 Å². The van der Waals surface area contributed by atoms with E-state index in [9.17, 15) is 14.4 Å². The summed E-state index contributed by atoms with van der Waals surface area (Å²) in [6, 6.07) is -0.645. The zero-order valence-corrected chi connectivity index (χ0v) is 10.7. The lowest BCUT2D eigenvalue weighted by Gasteiger charge is -2.32. The second-order valence-corrected chi connectivity index (χ2v) is 4.31. The van der Waals surface area contributed by atoms with Gasteiger partial charge in [0.15, 0.2) is 0 Å². The summed E-state index contributed by atoms with van der Waals surface area (Å²) in [6.45, 7) is 3.40. The lowest BCUT2D eigenvalue weighted by atomic mass is 10.1. The fraction of sp³-hybridized carbons (Fsp3) is 0.417. The maximum absolute atomic E-state index is 12.3. The van der Waals surface area contributed by atoms with Gasteiger partial charge in [0.1, 0.15) is 18.3 Å². The summed E-state index contributed by atoms with van der Waals surface area (Å²) in [4.78, 5) is 44.5. The molecule has 7 nitrogen and oxygen atoms in total. The molecule has 1 aromatic heterocycles. The van der Waals surface area contributed by atoms with Gasteiger partial charge in [0, 0.05) is 6.20 Å². The molecular weight excluding hydrogens is 248 g/mol. The van der Waals surface area contributed by atoms with E-state index in [1.165, 1.54) is 17.3 Å². The van der Waals surface area contributed by atoms with Crippen LogP contribution >= 0.6 is 0 Å². The summed E-state index contributed by atoms with van der Waals surface area (Å²) >= 11 is 0. The van der Waals surface area contributed by atoms with Crippen LogP contribution in [0.5, 0.6) is 0 Å². The number of carbonyl (C=O) groups excluding carboxylic acids is 3. The molecule has 1 aliphatic heterocycles. The van der Waals surface area contributed by atoms with E-state index in [0.717, 1.165) is 0 Å². The van der Waals surface area contributed by atoms with Crippen LogP contribution < -0.4 is 5.32 Å². The highest BCUT2D eigenvalue weighted by Gasteiger charge is 2.36. The van der Waals surface area contributed by atoms with Crippen LogP contribution in [0.15, 0.2) is 12.4 Å². The van der Waals surface area contributed by atoms with Gasteiger partial charge in [-0.2, -0.15) is 0 Å². The van der Waals surface area contributed by atoms with E-state index >= 15 is 0 Å². The van der Waals surface area contributed by atoms with Crippen molar-refractivity contribution in [3.8, 4) is 0 Å². The first kappa shape index (κ1) is 13.1. The predicted octanol–water partition coefficient (Wildman–Crippen LogP) is -0.338. The molecule has 0 saturated carbocycles. The fourth-order valence-electron chi connectivity index (χ4n) is 1.94. The van der Waals surface area contributed by atoms with Crippen molar-refractivity contribution in [2.75, 3.05) is 6.54 Å². The first-order chi connectivity index (χ1) is 9.02. The van der Waals surface area contributed by atoms with Gasteiger partial charge in [0.25, 0.3) is 5.91 Å². The highest BCUT2D eigenvalue weighted by molar-refractivity contribution is 6.06. The second-order valence-electron chi connectivity index (χ2n) is 4.31. The van der Waals surface area contributed by atoms with E-state index in [2.05, 4.69) is 15.3 Å². The highest BCUT2D eigenvalue weighted by atomic mass is 16.2. The summed E-state index contributed by atoms with van der Waals surface area (Å²) in [5.41, 5.74) is 0.822. The van der Waals surface area contributed by atoms with Crippen molar-refractivity contribution < 1.29 is 14.4 Å². The Morgan fingerprint density at radius 2 is 2.16 bits per heavy atom. The molecule has 1 atom stereocenters. The summed E-state index contributed by atoms with van der Waals surface area (Å²) in [5.74, 6) is -1.39. The Kier molecular flexibility index (Phi) is 3.55. The van der Waals surface area contributed by atoms with E-state index in [-0.39, 0.29) is 12.2 Å². The zero-order chi connectivity index (χ0) is 14.0. The first-order valence-electron chi connectivity index (χ1n) is 5.96. The van der Waals surface area contributed by atoms with Crippen molar-refractivity contribution in [1.29, 1.82) is 0 Å². The largest absolute Gasteiger partial charge is 0.316 e. The van der Waals surface area contributed by atoms with Gasteiger partial charge >= 0.3 is 0 Å². The Balaban J connectivity index is 2.27. The van der Waals surface area contributed by atoms with Gasteiger partial charge < -0.3 is 4.90 Å². The maximum atomic E-state index is 12.3. The third-order valence-electron chi connectivity index (χ3n) is 2.90. The van der Waals surface area contributed by atoms with Crippen LogP contribution in [0, 0.1) is 6.92 Å². The Morgan fingerprint density at radius 3 is 2.74 bits per heavy atom. The van der Waals surface area contributed by atoms with Gasteiger partial charge in [-0.05, 0) is 13.3 Å². The Labute approximate surface area is 110 Å². The maximum Gasteiger partial charge on any atom is 0.275 e. The lowest BCUT2D eigenvalue weighted by molar-refractivity contribution is -0.138. The topological polar surface area (TPSA) is 92.3 Å². The summed E-state index contributed by atoms with van der Waals surface area (Å²) in [7, 11) is 0. The fourth-order valence-corrected chi connectivity index (χ4v) is 1.94. The van der Waals surface area contributed by atoms with Crippen LogP contribution in [0.1, 0.15) is 29.5 Å². The minimum absolute atomic E-state index is 0.131. The number of imide groups is 1. The molecule has 19 heavy (non-hydrogen) atoms. The molecule has 1 saturated heterocycles. The number of amides is 3. The average Bonchev–Trinajstić information content (AvgIpc) is 2.38. The second kappa shape index (κ2) is 5.13. The number of aromatic nitrogens is 2. The van der Waals surface area contributed by atoms with Crippen LogP contribution in [0.4, 0.5) is 0 Å². The van der Waals surface area contributed by atoms with Crippen molar-refractivity contribution in [2.45, 2.75) is 26.3 Å². The zero-order valence-electron chi connectivity index (χ0n) is 10.7. The summed E-state index contributed by atoms with van der Waals surface area (Å²) in [5, 5.41) is 2.22. The number of nitrogens with zero attached hydrogens (tertiary/aromatic N) is 3. The molecule has 7 heteroatoms. The molecule has 1 fully saturated rings. The quantitative estimate of drug-likeness (QED) is 0.736. The molecule has 0 bridgehead atoms. The Hall–Kier alpha value is -2.31. The van der Waals surface area contributed by atoms with E-state index < -0.39 is 23.8 Å². The molecule has 0 spiro atoms. The molecule has 0 aliphatic carbocycles. The number of hydrogen-bond acceptors (Lipinski definition) is 5. The summed E-state index contributed by atoms with van der Waals surface area (Å²) < 4.78 is 0. The number of nitrogens with one attached hydrogen (secondary N) is 1. The smallest absolute Gasteiger partial charge is 0.275 e. The number of aryl methyl sites for hydroxylation is 1. The average molecular weight is 262 g/mol. The minimum atomic E-state index is -0.645. The van der Waals surface area contributed by atoms with Gasteiger partial charge in [-0.1, -0.05) is 6.92 Å². The van der Waals surface area contributed by atoms with Crippen molar-refractivity contribution in [1.82, 2.24) is 20.2 Å². The van der Waals surface area contributed by atoms with E-state index in [4.69, 9.17) is 0 Å². The van der Waals surface area contributed by atoms with E-state index in [1.54, 1.807) is 13.8 Å². The first-order valence-corrected chi connectivity index (χ1v) is 5.96. The van der Waals surface area contributed by atoms with Crippen LogP contribution in [0.25, 0.3) is 0 Å². The van der Waals surface area contributed by atoms with Crippen LogP contribution in [-0.2, 0) is 9.59 Å². The van der Waals surface area contributed by atoms with Gasteiger partial charge in [0.05, 0.1) is 11.9 Å². The molecule has 2 heterocycles. The monoisotopic (exact) mass is 262 g/mol. The number of carbonyl (C=O) groups is 3. The molecule has 1 aliphatic rings. The summed E-state index contributed by atoms with van der Waals surface area (Å²) in [6.07, 6.45) is 3.26. The van der Waals surface area contributed by atoms with Gasteiger partial charge in [0.2, 0.25) is 11.8 Å². The van der Waals surface area contributed by atoms with Crippen LogP contribution in [0.3, 0.4) is 0 Å². The molecule has 1 N–H and O–H groups in total. The van der Waals surface area contributed by atoms with Gasteiger partial charge in [-0.15, -0.1) is 0 Å². The van der Waals surface area contributed by atoms with Crippen molar-refractivity contribution >= 4 is 17.7 Å².